The van der Waals surface area contributed by atoms with Gasteiger partial charge in [-0.15, -0.1) is 5.69 Å². The van der Waals surface area contributed by atoms with Gasteiger partial charge in [-0.3, -0.25) is 9.89 Å². The SMILES string of the molecule is C[C@@](Cc1ccccc1)(N=C(c1ccccc1)c1ccccc1[N-]C(=O)C1CCCN1Cc1ccccc1)C(=O)O.[Ni+2]. The summed E-state index contributed by atoms with van der Waals surface area (Å²) >= 11 is 0. The van der Waals surface area contributed by atoms with Crippen molar-refractivity contribution in [3.05, 3.63) is 143 Å². The molecule has 4 aromatic carbocycles. The molecule has 6 nitrogen and oxygen atoms in total. The molecule has 216 valence electrons. The van der Waals surface area contributed by atoms with Gasteiger partial charge in [0.05, 0.1) is 17.7 Å². The summed E-state index contributed by atoms with van der Waals surface area (Å²) in [6.07, 6.45) is 1.91. The molecule has 4 aromatic rings. The summed E-state index contributed by atoms with van der Waals surface area (Å²) in [5, 5.41) is 15.0. The molecule has 5 rings (SSSR count). The number of amides is 1. The average molecular weight is 603 g/mol. The Bertz CT molecular complexity index is 1510. The third kappa shape index (κ3) is 7.41. The Morgan fingerprint density at radius 2 is 1.43 bits per heavy atom. The molecular weight excluding hydrogens is 569 g/mol. The van der Waals surface area contributed by atoms with Crippen molar-refractivity contribution in [1.29, 1.82) is 0 Å². The first-order valence-electron chi connectivity index (χ1n) is 14.0. The van der Waals surface area contributed by atoms with Gasteiger partial charge in [-0.2, -0.15) is 0 Å². The molecule has 1 amide bonds. The number of para-hydroxylation sites is 1. The largest absolute Gasteiger partial charge is 2.00 e. The molecule has 1 saturated heterocycles. The van der Waals surface area contributed by atoms with E-state index in [4.69, 9.17) is 4.99 Å². The van der Waals surface area contributed by atoms with E-state index in [1.165, 1.54) is 0 Å². The maximum Gasteiger partial charge on any atom is 2.00 e. The molecule has 0 spiro atoms. The van der Waals surface area contributed by atoms with Crippen molar-refractivity contribution < 1.29 is 31.2 Å². The number of aliphatic carboxylic acids is 1. The van der Waals surface area contributed by atoms with Gasteiger partial charge in [0.25, 0.3) is 0 Å². The van der Waals surface area contributed by atoms with E-state index in [9.17, 15) is 14.7 Å². The summed E-state index contributed by atoms with van der Waals surface area (Å²) in [6.45, 7) is 3.17. The maximum atomic E-state index is 13.6. The van der Waals surface area contributed by atoms with Gasteiger partial charge in [-0.25, -0.2) is 4.79 Å². The van der Waals surface area contributed by atoms with Gasteiger partial charge < -0.3 is 15.2 Å². The Balaban J connectivity index is 0.00000405. The van der Waals surface area contributed by atoms with Crippen molar-refractivity contribution in [2.75, 3.05) is 6.54 Å². The van der Waals surface area contributed by atoms with Gasteiger partial charge in [0, 0.05) is 18.5 Å². The molecule has 7 heteroatoms. The van der Waals surface area contributed by atoms with Crippen molar-refractivity contribution in [2.45, 2.75) is 44.3 Å². The van der Waals surface area contributed by atoms with Crippen LogP contribution in [-0.2, 0) is 39.0 Å². The zero-order chi connectivity index (χ0) is 28.7. The summed E-state index contributed by atoms with van der Waals surface area (Å²) in [6, 6.07) is 36.2. The number of carboxylic acid groups (broad SMARTS) is 1. The standard InChI is InChI=1S/C35H35N3O3.Ni/c1-35(34(40)41,24-26-14-5-2-6-15-26)37-32(28-18-9-4-10-19-28)29-20-11-12-21-30(29)36-33(39)31-22-13-23-38(31)25-27-16-7-3-8-17-27;/h2-12,14-21,31H,13,22-25H2,1H3,(H2,36,37,39,40,41);/q;+2/p-1/t31?,35-;/m0./s1. The second kappa shape index (κ2) is 14.2. The van der Waals surface area contributed by atoms with Gasteiger partial charge in [0.15, 0.2) is 5.54 Å². The Morgan fingerprint density at radius 3 is 2.07 bits per heavy atom. The van der Waals surface area contributed by atoms with Crippen molar-refractivity contribution in [3.63, 3.8) is 0 Å². The average Bonchev–Trinajstić information content (AvgIpc) is 3.46. The first-order chi connectivity index (χ1) is 19.9. The van der Waals surface area contributed by atoms with E-state index in [0.29, 0.717) is 23.5 Å². The molecule has 0 saturated carbocycles. The zero-order valence-electron chi connectivity index (χ0n) is 23.5. The number of rotatable bonds is 10. The summed E-state index contributed by atoms with van der Waals surface area (Å²) < 4.78 is 0. The first-order valence-corrected chi connectivity index (χ1v) is 14.0. The first kappa shape index (κ1) is 30.9. The van der Waals surface area contributed by atoms with Crippen LogP contribution in [0.4, 0.5) is 5.69 Å². The van der Waals surface area contributed by atoms with Crippen LogP contribution < -0.4 is 0 Å². The van der Waals surface area contributed by atoms with E-state index in [-0.39, 0.29) is 34.9 Å². The summed E-state index contributed by atoms with van der Waals surface area (Å²) in [7, 11) is 0. The smallest absolute Gasteiger partial charge is 0.625 e. The number of benzene rings is 4. The van der Waals surface area contributed by atoms with Crippen molar-refractivity contribution in [2.24, 2.45) is 4.99 Å². The molecule has 1 heterocycles. The molecule has 1 aliphatic heterocycles. The molecule has 42 heavy (non-hydrogen) atoms. The van der Waals surface area contributed by atoms with E-state index in [2.05, 4.69) is 22.3 Å². The van der Waals surface area contributed by atoms with Gasteiger partial charge in [0.2, 0.25) is 0 Å². The zero-order valence-corrected chi connectivity index (χ0v) is 24.5. The second-order valence-corrected chi connectivity index (χ2v) is 10.6. The fraction of sp³-hybridized carbons (Fsp3) is 0.229. The maximum absolute atomic E-state index is 13.6. The minimum absolute atomic E-state index is 0. The molecule has 0 bridgehead atoms. The van der Waals surface area contributed by atoms with Crippen molar-refractivity contribution in [3.8, 4) is 0 Å². The van der Waals surface area contributed by atoms with Crippen LogP contribution in [0.5, 0.6) is 0 Å². The fourth-order valence-electron chi connectivity index (χ4n) is 5.36. The van der Waals surface area contributed by atoms with E-state index in [1.54, 1.807) is 13.0 Å². The Hall–Kier alpha value is -4.06. The number of aliphatic imine (C=N–C) groups is 1. The molecule has 1 N–H and O–H groups in total. The minimum atomic E-state index is -1.44. The van der Waals surface area contributed by atoms with Crippen LogP contribution in [0.25, 0.3) is 5.32 Å². The van der Waals surface area contributed by atoms with Crippen LogP contribution in [0.2, 0.25) is 0 Å². The Morgan fingerprint density at radius 1 is 0.857 bits per heavy atom. The van der Waals surface area contributed by atoms with Crippen LogP contribution >= 0.6 is 0 Å². The van der Waals surface area contributed by atoms with Crippen molar-refractivity contribution in [1.82, 2.24) is 4.90 Å². The van der Waals surface area contributed by atoms with E-state index >= 15 is 0 Å². The van der Waals surface area contributed by atoms with Crippen LogP contribution in [-0.4, -0.2) is 45.7 Å². The summed E-state index contributed by atoms with van der Waals surface area (Å²) in [5.41, 5.74) is 2.96. The molecule has 1 fully saturated rings. The van der Waals surface area contributed by atoms with Gasteiger partial charge in [-0.05, 0) is 43.0 Å². The summed E-state index contributed by atoms with van der Waals surface area (Å²) in [4.78, 5) is 33.4. The number of carbonyl (C=O) groups is 2. The van der Waals surface area contributed by atoms with Crippen LogP contribution in [0.3, 0.4) is 0 Å². The predicted octanol–water partition coefficient (Wildman–Crippen LogP) is 6.80. The van der Waals surface area contributed by atoms with Crippen LogP contribution in [0.15, 0.2) is 120 Å². The number of carboxylic acids is 1. The monoisotopic (exact) mass is 602 g/mol. The number of likely N-dealkylation sites (tertiary alicyclic amines) is 1. The summed E-state index contributed by atoms with van der Waals surface area (Å²) in [5.74, 6) is -1.22. The molecule has 0 aromatic heterocycles. The topological polar surface area (TPSA) is 84.1 Å². The van der Waals surface area contributed by atoms with Gasteiger partial charge >= 0.3 is 22.5 Å². The van der Waals surface area contributed by atoms with E-state index in [0.717, 1.165) is 36.1 Å². The minimum Gasteiger partial charge on any atom is -0.625 e. The quantitative estimate of drug-likeness (QED) is 0.160. The van der Waals surface area contributed by atoms with E-state index in [1.807, 2.05) is 97.1 Å². The third-order valence-electron chi connectivity index (χ3n) is 7.52. The molecule has 0 aliphatic carbocycles. The third-order valence-corrected chi connectivity index (χ3v) is 7.52. The van der Waals surface area contributed by atoms with Crippen molar-refractivity contribution >= 4 is 23.3 Å². The molecule has 1 unspecified atom stereocenters. The number of nitrogens with zero attached hydrogens (tertiary/aromatic N) is 3. The second-order valence-electron chi connectivity index (χ2n) is 10.6. The normalized spacial score (nSPS) is 16.7. The van der Waals surface area contributed by atoms with Crippen LogP contribution in [0, 0.1) is 0 Å². The van der Waals surface area contributed by atoms with Crippen LogP contribution in [0.1, 0.15) is 42.0 Å². The molecule has 1 aliphatic rings. The Kier molecular flexibility index (Phi) is 10.5. The number of hydrogen-bond donors (Lipinski definition) is 1. The predicted molar refractivity (Wildman–Crippen MR) is 163 cm³/mol. The molecule has 0 radical (unpaired) electrons. The van der Waals surface area contributed by atoms with Gasteiger partial charge in [0.1, 0.15) is 0 Å². The molecule has 2 atom stereocenters. The number of hydrogen-bond acceptors (Lipinski definition) is 4. The van der Waals surface area contributed by atoms with E-state index < -0.39 is 11.5 Å². The molecular formula is C35H34N3NiO3+. The fourth-order valence-corrected chi connectivity index (χ4v) is 5.36. The number of carbonyl (C=O) groups excluding carboxylic acids is 1. The Labute approximate surface area is 257 Å². The van der Waals surface area contributed by atoms with Gasteiger partial charge in [-0.1, -0.05) is 115 Å².